The third-order valence-corrected chi connectivity index (χ3v) is 3.32. The molecule has 0 radical (unpaired) electrons. The van der Waals surface area contributed by atoms with Gasteiger partial charge in [-0.2, -0.15) is 0 Å². The normalized spacial score (nSPS) is 10.9. The zero-order valence-corrected chi connectivity index (χ0v) is 9.84. The molecule has 1 unspecified atom stereocenters. The monoisotopic (exact) mass is 196 g/mol. The average molecular weight is 197 g/mol. The molecule has 1 atom stereocenters. The molecule has 0 aliphatic rings. The van der Waals surface area contributed by atoms with E-state index in [0.717, 1.165) is 5.92 Å². The molecule has 70 valence electrons. The van der Waals surface area contributed by atoms with E-state index in [1.54, 1.807) is 0 Å². The Morgan fingerprint density at radius 2 is 1.82 bits per heavy atom. The minimum atomic E-state index is 0. The van der Waals surface area contributed by atoms with Crippen LogP contribution in [0, 0.1) is 5.92 Å². The van der Waals surface area contributed by atoms with Crippen LogP contribution in [0.5, 0.6) is 0 Å². The van der Waals surface area contributed by atoms with Crippen LogP contribution in [0.2, 0.25) is 0 Å². The largest absolute Gasteiger partial charge is 0.147 e. The molecule has 0 amide bonds. The summed E-state index contributed by atoms with van der Waals surface area (Å²) in [5.74, 6) is 0.917. The Bertz CT molecular complexity index is 64.6. The maximum absolute atomic E-state index is 2.31. The number of hydrogen-bond acceptors (Lipinski definition) is 0. The molecule has 0 aliphatic heterocycles. The van der Waals surface area contributed by atoms with Crippen LogP contribution in [-0.4, -0.2) is 12.3 Å². The summed E-state index contributed by atoms with van der Waals surface area (Å²) < 4.78 is 0. The van der Waals surface area contributed by atoms with Gasteiger partial charge in [-0.25, -0.2) is 0 Å². The van der Waals surface area contributed by atoms with Crippen LogP contribution < -0.4 is 0 Å². The van der Waals surface area contributed by atoms with Crippen molar-refractivity contribution in [1.82, 2.24) is 0 Å². The summed E-state index contributed by atoms with van der Waals surface area (Å²) in [7, 11) is 1.22. The lowest BCUT2D eigenvalue weighted by atomic mass is 10.3. The van der Waals surface area contributed by atoms with E-state index in [1.165, 1.54) is 40.2 Å². The summed E-state index contributed by atoms with van der Waals surface area (Å²) in [6, 6.07) is 0. The van der Waals surface area contributed by atoms with Crippen LogP contribution in [0.25, 0.3) is 0 Å². The molecule has 0 saturated heterocycles. The molecule has 0 heterocycles. The van der Waals surface area contributed by atoms with E-state index in [-0.39, 0.29) is 12.4 Å². The predicted molar refractivity (Wildman–Crippen MR) is 59.7 cm³/mol. The van der Waals surface area contributed by atoms with Crippen molar-refractivity contribution in [1.29, 1.82) is 0 Å². The minimum absolute atomic E-state index is 0. The third-order valence-electron chi connectivity index (χ3n) is 1.51. The van der Waals surface area contributed by atoms with E-state index in [2.05, 4.69) is 20.8 Å². The molecule has 0 saturated carbocycles. The van der Waals surface area contributed by atoms with E-state index < -0.39 is 0 Å². The second kappa shape index (κ2) is 10.7. The fourth-order valence-corrected chi connectivity index (χ4v) is 2.17. The van der Waals surface area contributed by atoms with Gasteiger partial charge in [0.15, 0.2) is 0 Å². The minimum Gasteiger partial charge on any atom is -0.147 e. The van der Waals surface area contributed by atoms with Gasteiger partial charge in [-0.1, -0.05) is 33.6 Å². The molecule has 11 heavy (non-hydrogen) atoms. The highest BCUT2D eigenvalue weighted by Crippen LogP contribution is 2.16. The van der Waals surface area contributed by atoms with Crippen LogP contribution in [0.15, 0.2) is 0 Å². The van der Waals surface area contributed by atoms with Crippen LogP contribution in [0.1, 0.15) is 40.0 Å². The molecule has 0 bridgehead atoms. The van der Waals surface area contributed by atoms with Gasteiger partial charge in [0.05, 0.1) is 0 Å². The van der Waals surface area contributed by atoms with E-state index in [9.17, 15) is 0 Å². The fraction of sp³-hybridized carbons (Fsp3) is 1.00. The highest BCUT2D eigenvalue weighted by Gasteiger charge is 1.92. The van der Waals surface area contributed by atoms with E-state index in [0.29, 0.717) is 0 Å². The van der Waals surface area contributed by atoms with E-state index >= 15 is 0 Å². The molecule has 0 spiro atoms. The SMILES string of the molecule is CCCCCPCC(C)C.Cl. The Labute approximate surface area is 79.7 Å². The van der Waals surface area contributed by atoms with Crippen molar-refractivity contribution >= 4 is 21.0 Å². The molecule has 0 aromatic carbocycles. The third kappa shape index (κ3) is 13.7. The highest BCUT2D eigenvalue weighted by molar-refractivity contribution is 7.37. The van der Waals surface area contributed by atoms with Crippen molar-refractivity contribution in [3.8, 4) is 0 Å². The van der Waals surface area contributed by atoms with E-state index in [4.69, 9.17) is 0 Å². The Kier molecular flexibility index (Phi) is 13.9. The molecule has 0 aromatic rings. The summed E-state index contributed by atoms with van der Waals surface area (Å²) >= 11 is 0. The number of rotatable bonds is 6. The molecule has 0 aromatic heterocycles. The first kappa shape index (κ1) is 14.3. The maximum Gasteiger partial charge on any atom is -0.0330 e. The molecule has 2 heteroatoms. The van der Waals surface area contributed by atoms with Crippen molar-refractivity contribution in [2.75, 3.05) is 12.3 Å². The first-order valence-corrected chi connectivity index (χ1v) is 5.89. The van der Waals surface area contributed by atoms with Crippen molar-refractivity contribution < 1.29 is 0 Å². The van der Waals surface area contributed by atoms with Gasteiger partial charge in [-0.05, 0) is 24.7 Å². The molecule has 0 N–H and O–H groups in total. The lowest BCUT2D eigenvalue weighted by Gasteiger charge is -2.03. The number of unbranched alkanes of at least 4 members (excludes halogenated alkanes) is 2. The Morgan fingerprint density at radius 1 is 1.18 bits per heavy atom. The fourth-order valence-electron chi connectivity index (χ4n) is 0.891. The van der Waals surface area contributed by atoms with Gasteiger partial charge in [0.2, 0.25) is 0 Å². The zero-order valence-electron chi connectivity index (χ0n) is 8.02. The van der Waals surface area contributed by atoms with Crippen LogP contribution in [-0.2, 0) is 0 Å². The first-order chi connectivity index (χ1) is 4.77. The molecular weight excluding hydrogens is 175 g/mol. The van der Waals surface area contributed by atoms with Gasteiger partial charge in [0.25, 0.3) is 0 Å². The van der Waals surface area contributed by atoms with Gasteiger partial charge >= 0.3 is 0 Å². The summed E-state index contributed by atoms with van der Waals surface area (Å²) in [4.78, 5) is 0. The lowest BCUT2D eigenvalue weighted by molar-refractivity contribution is 0.740. The second-order valence-electron chi connectivity index (χ2n) is 3.31. The maximum atomic E-state index is 2.31. The van der Waals surface area contributed by atoms with Crippen molar-refractivity contribution in [2.24, 2.45) is 5.92 Å². The Hall–Kier alpha value is 0.720. The van der Waals surface area contributed by atoms with Crippen LogP contribution in [0.3, 0.4) is 0 Å². The van der Waals surface area contributed by atoms with Gasteiger partial charge in [0, 0.05) is 0 Å². The molecule has 0 aliphatic carbocycles. The first-order valence-electron chi connectivity index (χ1n) is 4.48. The molecular formula is C9H22ClP. The summed E-state index contributed by atoms with van der Waals surface area (Å²) in [5.41, 5.74) is 0. The zero-order chi connectivity index (χ0) is 7.82. The summed E-state index contributed by atoms with van der Waals surface area (Å²) in [6.45, 7) is 6.89. The van der Waals surface area contributed by atoms with Crippen LogP contribution >= 0.6 is 21.0 Å². The van der Waals surface area contributed by atoms with E-state index in [1.807, 2.05) is 0 Å². The standard InChI is InChI=1S/C9H21P.ClH/c1-4-5-6-7-10-8-9(2)3;/h9-10H,4-8H2,1-3H3;1H. The lowest BCUT2D eigenvalue weighted by Crippen LogP contribution is -1.89. The van der Waals surface area contributed by atoms with Gasteiger partial charge < -0.3 is 0 Å². The van der Waals surface area contributed by atoms with Gasteiger partial charge in [0.1, 0.15) is 0 Å². The summed E-state index contributed by atoms with van der Waals surface area (Å²) in [5, 5.41) is 0. The van der Waals surface area contributed by atoms with Crippen LogP contribution in [0.4, 0.5) is 0 Å². The van der Waals surface area contributed by atoms with Crippen molar-refractivity contribution in [3.05, 3.63) is 0 Å². The second-order valence-corrected chi connectivity index (χ2v) is 4.71. The quantitative estimate of drug-likeness (QED) is 0.446. The molecule has 0 rings (SSSR count). The van der Waals surface area contributed by atoms with Crippen molar-refractivity contribution in [3.63, 3.8) is 0 Å². The summed E-state index contributed by atoms with van der Waals surface area (Å²) in [6.07, 6.45) is 7.19. The van der Waals surface area contributed by atoms with Crippen molar-refractivity contribution in [2.45, 2.75) is 40.0 Å². The topological polar surface area (TPSA) is 0 Å². The van der Waals surface area contributed by atoms with Gasteiger partial charge in [-0.15, -0.1) is 21.0 Å². The average Bonchev–Trinajstić information content (AvgIpc) is 1.87. The number of hydrogen-bond donors (Lipinski definition) is 0. The molecule has 0 fully saturated rings. The molecule has 0 nitrogen and oxygen atoms in total. The Balaban J connectivity index is 0. The van der Waals surface area contributed by atoms with Gasteiger partial charge in [-0.3, -0.25) is 0 Å². The smallest absolute Gasteiger partial charge is 0.0330 e. The number of halogens is 1. The highest BCUT2D eigenvalue weighted by atomic mass is 35.5. The predicted octanol–water partition coefficient (Wildman–Crippen LogP) is 3.93. The Morgan fingerprint density at radius 3 is 2.27 bits per heavy atom.